The van der Waals surface area contributed by atoms with Crippen LogP contribution in [0.2, 0.25) is 0 Å². The molecule has 32 heavy (non-hydrogen) atoms. The molecule has 1 aliphatic heterocycles. The molecule has 168 valence electrons. The van der Waals surface area contributed by atoms with Gasteiger partial charge in [-0.25, -0.2) is 4.39 Å². The molecule has 0 bridgehead atoms. The number of thioether (sulfide) groups is 1. The van der Waals surface area contributed by atoms with E-state index in [-0.39, 0.29) is 29.8 Å². The minimum atomic E-state index is -0.310. The number of carbonyl (C=O) groups is 2. The number of aryl methyl sites for hydroxylation is 1. The van der Waals surface area contributed by atoms with E-state index in [9.17, 15) is 14.0 Å². The van der Waals surface area contributed by atoms with Crippen molar-refractivity contribution in [3.8, 4) is 0 Å². The average molecular weight is 477 g/mol. The average Bonchev–Trinajstić information content (AvgIpc) is 3.43. The second-order valence-corrected chi connectivity index (χ2v) is 9.36. The highest BCUT2D eigenvalue weighted by Crippen LogP contribution is 2.28. The molecule has 12 heteroatoms. The van der Waals surface area contributed by atoms with Crippen LogP contribution in [0.15, 0.2) is 39.2 Å². The number of benzene rings is 1. The molecule has 4 rings (SSSR count). The molecule has 0 atom stereocenters. The Hall–Kier alpha value is -2.99. The Morgan fingerprint density at radius 1 is 1.19 bits per heavy atom. The fraction of sp³-hybridized carbons (Fsp3) is 0.350. The highest BCUT2D eigenvalue weighted by molar-refractivity contribution is 8.01. The Kier molecular flexibility index (Phi) is 7.00. The van der Waals surface area contributed by atoms with Crippen molar-refractivity contribution < 1.29 is 18.5 Å². The molecular formula is C20H21FN6O3S2. The SMILES string of the molecule is Cc1cc(NC(=O)CSc2nnc(N3CCN(C(=O)Cc4ccc(F)cc4)CC3)s2)no1. The van der Waals surface area contributed by atoms with E-state index in [1.165, 1.54) is 35.2 Å². The molecule has 2 aromatic heterocycles. The Balaban J connectivity index is 1.22. The van der Waals surface area contributed by atoms with Crippen LogP contribution in [0.3, 0.4) is 0 Å². The van der Waals surface area contributed by atoms with E-state index in [4.69, 9.17) is 4.52 Å². The minimum Gasteiger partial charge on any atom is -0.360 e. The van der Waals surface area contributed by atoms with Gasteiger partial charge >= 0.3 is 0 Å². The van der Waals surface area contributed by atoms with Crippen LogP contribution in [0.1, 0.15) is 11.3 Å². The zero-order valence-corrected chi connectivity index (χ0v) is 18.9. The minimum absolute atomic E-state index is 0.0260. The number of hydrogen-bond donors (Lipinski definition) is 1. The summed E-state index contributed by atoms with van der Waals surface area (Å²) in [5, 5.41) is 15.5. The number of amides is 2. The molecule has 0 spiro atoms. The lowest BCUT2D eigenvalue weighted by atomic mass is 10.1. The lowest BCUT2D eigenvalue weighted by molar-refractivity contribution is -0.130. The summed E-state index contributed by atoms with van der Waals surface area (Å²) in [4.78, 5) is 28.4. The second-order valence-electron chi connectivity index (χ2n) is 7.18. The van der Waals surface area contributed by atoms with E-state index < -0.39 is 0 Å². The Bertz CT molecular complexity index is 1080. The third kappa shape index (κ3) is 5.82. The summed E-state index contributed by atoms with van der Waals surface area (Å²) >= 11 is 2.72. The number of halogens is 1. The number of carbonyl (C=O) groups excluding carboxylic acids is 2. The van der Waals surface area contributed by atoms with Gasteiger partial charge in [0.1, 0.15) is 11.6 Å². The maximum absolute atomic E-state index is 13.0. The van der Waals surface area contributed by atoms with Gasteiger partial charge in [-0.3, -0.25) is 9.59 Å². The van der Waals surface area contributed by atoms with Crippen molar-refractivity contribution in [2.45, 2.75) is 17.7 Å². The van der Waals surface area contributed by atoms with Gasteiger partial charge in [-0.2, -0.15) is 0 Å². The third-order valence-corrected chi connectivity index (χ3v) is 6.91. The Labute approximate surface area is 192 Å². The van der Waals surface area contributed by atoms with Gasteiger partial charge in [0, 0.05) is 32.2 Å². The van der Waals surface area contributed by atoms with Gasteiger partial charge in [-0.05, 0) is 24.6 Å². The highest BCUT2D eigenvalue weighted by atomic mass is 32.2. The number of rotatable bonds is 7. The molecule has 0 radical (unpaired) electrons. The molecule has 3 heterocycles. The summed E-state index contributed by atoms with van der Waals surface area (Å²) in [6, 6.07) is 7.65. The summed E-state index contributed by atoms with van der Waals surface area (Å²) in [5.41, 5.74) is 0.798. The van der Waals surface area contributed by atoms with E-state index in [1.54, 1.807) is 25.1 Å². The predicted octanol–water partition coefficient (Wildman–Crippen LogP) is 2.60. The van der Waals surface area contributed by atoms with Crippen molar-refractivity contribution >= 4 is 45.9 Å². The summed E-state index contributed by atoms with van der Waals surface area (Å²) in [5.74, 6) is 0.713. The molecule has 1 fully saturated rings. The quantitative estimate of drug-likeness (QED) is 0.519. The number of hydrogen-bond acceptors (Lipinski definition) is 9. The Morgan fingerprint density at radius 3 is 2.62 bits per heavy atom. The number of nitrogens with zero attached hydrogens (tertiary/aromatic N) is 5. The molecule has 0 unspecified atom stereocenters. The molecular weight excluding hydrogens is 455 g/mol. The standard InChI is InChI=1S/C20H21FN6O3S2/c1-13-10-16(25-30-13)22-17(28)12-31-20-24-23-19(32-20)27-8-6-26(7-9-27)18(29)11-14-2-4-15(21)5-3-14/h2-5,10H,6-9,11-12H2,1H3,(H,22,25,28). The second kappa shape index (κ2) is 10.1. The molecule has 1 saturated heterocycles. The lowest BCUT2D eigenvalue weighted by Crippen LogP contribution is -2.49. The summed E-state index contributed by atoms with van der Waals surface area (Å²) in [7, 11) is 0. The van der Waals surface area contributed by atoms with Crippen molar-refractivity contribution in [2.24, 2.45) is 0 Å². The number of nitrogens with one attached hydrogen (secondary N) is 1. The van der Waals surface area contributed by atoms with Gasteiger partial charge in [0.15, 0.2) is 10.2 Å². The zero-order valence-electron chi connectivity index (χ0n) is 17.3. The largest absolute Gasteiger partial charge is 0.360 e. The first kappa shape index (κ1) is 22.2. The van der Waals surface area contributed by atoms with Crippen LogP contribution in [0.5, 0.6) is 0 Å². The van der Waals surface area contributed by atoms with Crippen LogP contribution in [0, 0.1) is 12.7 Å². The molecule has 1 aliphatic rings. The zero-order chi connectivity index (χ0) is 22.5. The first-order valence-electron chi connectivity index (χ1n) is 9.93. The van der Waals surface area contributed by atoms with Gasteiger partial charge in [-0.15, -0.1) is 10.2 Å². The van der Waals surface area contributed by atoms with Gasteiger partial charge in [0.25, 0.3) is 0 Å². The van der Waals surface area contributed by atoms with Gasteiger partial charge in [0.2, 0.25) is 16.9 Å². The van der Waals surface area contributed by atoms with E-state index in [2.05, 4.69) is 25.6 Å². The molecule has 1 aromatic carbocycles. The molecule has 1 N–H and O–H groups in total. The van der Waals surface area contributed by atoms with Gasteiger partial charge in [-0.1, -0.05) is 40.4 Å². The fourth-order valence-corrected chi connectivity index (χ4v) is 4.85. The summed E-state index contributed by atoms with van der Waals surface area (Å²) in [6.07, 6.45) is 0.260. The first-order chi connectivity index (χ1) is 15.5. The number of piperazine rings is 1. The summed E-state index contributed by atoms with van der Waals surface area (Å²) < 4.78 is 18.6. The van der Waals surface area contributed by atoms with E-state index in [0.29, 0.717) is 42.1 Å². The monoisotopic (exact) mass is 476 g/mol. The third-order valence-electron chi connectivity index (χ3n) is 4.79. The van der Waals surface area contributed by atoms with Crippen LogP contribution in [-0.2, 0) is 16.0 Å². The van der Waals surface area contributed by atoms with Crippen molar-refractivity contribution in [2.75, 3.05) is 42.1 Å². The topological polar surface area (TPSA) is 104 Å². The van der Waals surface area contributed by atoms with Gasteiger partial charge in [0.05, 0.1) is 12.2 Å². The van der Waals surface area contributed by atoms with Crippen LogP contribution < -0.4 is 10.2 Å². The lowest BCUT2D eigenvalue weighted by Gasteiger charge is -2.34. The van der Waals surface area contributed by atoms with E-state index in [1.807, 2.05) is 4.90 Å². The van der Waals surface area contributed by atoms with Crippen molar-refractivity contribution in [3.63, 3.8) is 0 Å². The maximum atomic E-state index is 13.0. The smallest absolute Gasteiger partial charge is 0.236 e. The van der Waals surface area contributed by atoms with E-state index in [0.717, 1.165) is 10.7 Å². The molecule has 9 nitrogen and oxygen atoms in total. The fourth-order valence-electron chi connectivity index (χ4n) is 3.16. The maximum Gasteiger partial charge on any atom is 0.236 e. The van der Waals surface area contributed by atoms with E-state index >= 15 is 0 Å². The van der Waals surface area contributed by atoms with Crippen molar-refractivity contribution in [3.05, 3.63) is 47.5 Å². The van der Waals surface area contributed by atoms with Crippen LogP contribution in [0.25, 0.3) is 0 Å². The molecule has 2 amide bonds. The number of anilines is 2. The molecule has 3 aromatic rings. The van der Waals surface area contributed by atoms with Crippen molar-refractivity contribution in [1.29, 1.82) is 0 Å². The van der Waals surface area contributed by atoms with Crippen LogP contribution in [-0.4, -0.2) is 64.0 Å². The van der Waals surface area contributed by atoms with Crippen LogP contribution >= 0.6 is 23.1 Å². The normalized spacial score (nSPS) is 13.9. The first-order valence-corrected chi connectivity index (χ1v) is 11.7. The van der Waals surface area contributed by atoms with Crippen molar-refractivity contribution in [1.82, 2.24) is 20.3 Å². The highest BCUT2D eigenvalue weighted by Gasteiger charge is 2.23. The summed E-state index contributed by atoms with van der Waals surface area (Å²) in [6.45, 7) is 4.23. The van der Waals surface area contributed by atoms with Crippen LogP contribution in [0.4, 0.5) is 15.3 Å². The number of aromatic nitrogens is 3. The van der Waals surface area contributed by atoms with Gasteiger partial charge < -0.3 is 19.6 Å². The predicted molar refractivity (Wildman–Crippen MR) is 119 cm³/mol. The molecule has 0 aliphatic carbocycles. The molecule has 0 saturated carbocycles. The Morgan fingerprint density at radius 2 is 1.94 bits per heavy atom.